The molecule has 15 heavy (non-hydrogen) atoms. The molecule has 0 aliphatic rings. The third-order valence-electron chi connectivity index (χ3n) is 2.46. The predicted octanol–water partition coefficient (Wildman–Crippen LogP) is 1.45. The van der Waals surface area contributed by atoms with Gasteiger partial charge in [0.2, 0.25) is 0 Å². The molecule has 0 bridgehead atoms. The summed E-state index contributed by atoms with van der Waals surface area (Å²) in [6, 6.07) is 3.38. The zero-order chi connectivity index (χ0) is 11.4. The van der Waals surface area contributed by atoms with Crippen LogP contribution < -0.4 is 5.56 Å². The van der Waals surface area contributed by atoms with Crippen molar-refractivity contribution in [2.45, 2.75) is 32.7 Å². The lowest BCUT2D eigenvalue weighted by Crippen LogP contribution is -2.26. The lowest BCUT2D eigenvalue weighted by atomic mass is 10.2. The molecule has 0 amide bonds. The van der Waals surface area contributed by atoms with Crippen molar-refractivity contribution in [2.75, 3.05) is 0 Å². The molecule has 0 saturated carbocycles. The first-order chi connectivity index (χ1) is 7.06. The fourth-order valence-corrected chi connectivity index (χ4v) is 1.40. The third-order valence-corrected chi connectivity index (χ3v) is 2.46. The number of aromatic nitrogens is 1. The quantitative estimate of drug-likeness (QED) is 0.816. The molecule has 0 aliphatic carbocycles. The maximum Gasteiger partial charge on any atom is 0.308 e. The highest BCUT2D eigenvalue weighted by Crippen LogP contribution is 2.06. The number of pyridine rings is 1. The van der Waals surface area contributed by atoms with Gasteiger partial charge in [0.15, 0.2) is 0 Å². The van der Waals surface area contributed by atoms with Crippen LogP contribution in [0.15, 0.2) is 23.1 Å². The Hall–Kier alpha value is -1.58. The van der Waals surface area contributed by atoms with Gasteiger partial charge in [-0.05, 0) is 19.4 Å². The number of carboxylic acids is 1. The van der Waals surface area contributed by atoms with Crippen LogP contribution in [0.3, 0.4) is 0 Å². The van der Waals surface area contributed by atoms with E-state index in [0.717, 1.165) is 6.42 Å². The minimum Gasteiger partial charge on any atom is -0.481 e. The lowest BCUT2D eigenvalue weighted by molar-refractivity contribution is -0.136. The van der Waals surface area contributed by atoms with Gasteiger partial charge in [-0.1, -0.05) is 13.0 Å². The van der Waals surface area contributed by atoms with E-state index in [1.807, 2.05) is 13.8 Å². The molecule has 4 nitrogen and oxygen atoms in total. The number of carbonyl (C=O) groups is 1. The van der Waals surface area contributed by atoms with Crippen LogP contribution in [-0.2, 0) is 11.2 Å². The average molecular weight is 209 g/mol. The summed E-state index contributed by atoms with van der Waals surface area (Å²) in [5, 5.41) is 8.63. The van der Waals surface area contributed by atoms with Crippen molar-refractivity contribution < 1.29 is 9.90 Å². The van der Waals surface area contributed by atoms with E-state index in [9.17, 15) is 9.59 Å². The minimum absolute atomic E-state index is 0.103. The molecule has 0 spiro atoms. The van der Waals surface area contributed by atoms with Crippen molar-refractivity contribution in [3.8, 4) is 0 Å². The Kier molecular flexibility index (Phi) is 3.66. The summed E-state index contributed by atoms with van der Waals surface area (Å²) in [5.41, 5.74) is 0.138. The van der Waals surface area contributed by atoms with Crippen LogP contribution in [0.5, 0.6) is 0 Å². The summed E-state index contributed by atoms with van der Waals surface area (Å²) in [6.45, 7) is 3.92. The maximum atomic E-state index is 11.8. The summed E-state index contributed by atoms with van der Waals surface area (Å²) in [6.07, 6.45) is 2.33. The van der Waals surface area contributed by atoms with E-state index in [2.05, 4.69) is 0 Å². The van der Waals surface area contributed by atoms with E-state index in [0.29, 0.717) is 5.56 Å². The van der Waals surface area contributed by atoms with Crippen molar-refractivity contribution in [2.24, 2.45) is 0 Å². The number of nitrogens with zero attached hydrogens (tertiary/aromatic N) is 1. The summed E-state index contributed by atoms with van der Waals surface area (Å²) in [4.78, 5) is 22.3. The molecule has 1 aromatic heterocycles. The monoisotopic (exact) mass is 209 g/mol. The highest BCUT2D eigenvalue weighted by molar-refractivity contribution is 5.69. The number of carboxylic acid groups (broad SMARTS) is 1. The first kappa shape index (κ1) is 11.5. The van der Waals surface area contributed by atoms with Gasteiger partial charge < -0.3 is 9.67 Å². The Morgan fingerprint density at radius 2 is 2.27 bits per heavy atom. The molecule has 82 valence electrons. The van der Waals surface area contributed by atoms with E-state index < -0.39 is 5.97 Å². The molecule has 0 fully saturated rings. The molecule has 1 N–H and O–H groups in total. The van der Waals surface area contributed by atoms with Crippen molar-refractivity contribution in [3.05, 3.63) is 34.2 Å². The molecule has 1 unspecified atom stereocenters. The van der Waals surface area contributed by atoms with Crippen LogP contribution in [0.4, 0.5) is 0 Å². The first-order valence-corrected chi connectivity index (χ1v) is 4.98. The second kappa shape index (κ2) is 4.77. The van der Waals surface area contributed by atoms with E-state index in [1.54, 1.807) is 22.9 Å². The second-order valence-corrected chi connectivity index (χ2v) is 3.57. The van der Waals surface area contributed by atoms with E-state index in [-0.39, 0.29) is 18.0 Å². The van der Waals surface area contributed by atoms with Crippen molar-refractivity contribution in [1.82, 2.24) is 4.57 Å². The average Bonchev–Trinajstić information content (AvgIpc) is 2.19. The Bertz CT molecular complexity index is 409. The van der Waals surface area contributed by atoms with Crippen molar-refractivity contribution in [1.29, 1.82) is 0 Å². The summed E-state index contributed by atoms with van der Waals surface area (Å²) in [7, 11) is 0. The number of hydrogen-bond donors (Lipinski definition) is 1. The van der Waals surface area contributed by atoms with Gasteiger partial charge in [0.1, 0.15) is 0 Å². The summed E-state index contributed by atoms with van der Waals surface area (Å²) < 4.78 is 1.58. The molecular weight excluding hydrogens is 194 g/mol. The van der Waals surface area contributed by atoms with E-state index in [4.69, 9.17) is 5.11 Å². The topological polar surface area (TPSA) is 59.3 Å². The molecular formula is C11H15NO3. The van der Waals surface area contributed by atoms with Gasteiger partial charge >= 0.3 is 5.97 Å². The lowest BCUT2D eigenvalue weighted by Gasteiger charge is -2.13. The van der Waals surface area contributed by atoms with Gasteiger partial charge in [0.05, 0.1) is 6.42 Å². The molecule has 4 heteroatoms. The molecule has 0 saturated heterocycles. The Balaban J connectivity index is 3.11. The fourth-order valence-electron chi connectivity index (χ4n) is 1.40. The zero-order valence-corrected chi connectivity index (χ0v) is 8.93. The van der Waals surface area contributed by atoms with Gasteiger partial charge in [0, 0.05) is 17.8 Å². The zero-order valence-electron chi connectivity index (χ0n) is 8.93. The van der Waals surface area contributed by atoms with Crippen LogP contribution in [-0.4, -0.2) is 15.6 Å². The minimum atomic E-state index is -0.978. The highest BCUT2D eigenvalue weighted by atomic mass is 16.4. The van der Waals surface area contributed by atoms with Crippen molar-refractivity contribution in [3.63, 3.8) is 0 Å². The fraction of sp³-hybridized carbons (Fsp3) is 0.455. The van der Waals surface area contributed by atoms with Gasteiger partial charge in [-0.15, -0.1) is 0 Å². The van der Waals surface area contributed by atoms with Crippen LogP contribution >= 0.6 is 0 Å². The molecule has 1 rings (SSSR count). The van der Waals surface area contributed by atoms with Crippen LogP contribution in [0.2, 0.25) is 0 Å². The third kappa shape index (κ3) is 2.68. The molecule has 0 radical (unpaired) electrons. The normalized spacial score (nSPS) is 12.4. The Morgan fingerprint density at radius 3 is 2.80 bits per heavy atom. The highest BCUT2D eigenvalue weighted by Gasteiger charge is 2.09. The molecule has 1 atom stereocenters. The van der Waals surface area contributed by atoms with Gasteiger partial charge in [-0.25, -0.2) is 0 Å². The van der Waals surface area contributed by atoms with Crippen LogP contribution in [0, 0.1) is 0 Å². The number of aliphatic carboxylic acids is 1. The first-order valence-electron chi connectivity index (χ1n) is 4.98. The largest absolute Gasteiger partial charge is 0.481 e. The van der Waals surface area contributed by atoms with E-state index >= 15 is 0 Å². The van der Waals surface area contributed by atoms with Gasteiger partial charge in [-0.2, -0.15) is 0 Å². The second-order valence-electron chi connectivity index (χ2n) is 3.57. The standard InChI is InChI=1S/C11H15NO3/c1-3-8(2)12-6-4-5-9(11(12)15)7-10(13)14/h4-6,8H,3,7H2,1-2H3,(H,13,14). The molecule has 0 aliphatic heterocycles. The van der Waals surface area contributed by atoms with Gasteiger partial charge in [-0.3, -0.25) is 9.59 Å². The maximum absolute atomic E-state index is 11.8. The molecule has 0 aromatic carbocycles. The van der Waals surface area contributed by atoms with Crippen LogP contribution in [0.25, 0.3) is 0 Å². The number of hydrogen-bond acceptors (Lipinski definition) is 2. The van der Waals surface area contributed by atoms with Crippen LogP contribution in [0.1, 0.15) is 31.9 Å². The molecule has 1 aromatic rings. The number of rotatable bonds is 4. The summed E-state index contributed by atoms with van der Waals surface area (Å²) >= 11 is 0. The van der Waals surface area contributed by atoms with Gasteiger partial charge in [0.25, 0.3) is 5.56 Å². The van der Waals surface area contributed by atoms with E-state index in [1.165, 1.54) is 0 Å². The molecule has 1 heterocycles. The smallest absolute Gasteiger partial charge is 0.308 e. The van der Waals surface area contributed by atoms with Crippen molar-refractivity contribution >= 4 is 5.97 Å². The Labute approximate surface area is 88.2 Å². The SMILES string of the molecule is CCC(C)n1cccc(CC(=O)O)c1=O. The Morgan fingerprint density at radius 1 is 1.60 bits per heavy atom. The predicted molar refractivity (Wildman–Crippen MR) is 57.0 cm³/mol. The summed E-state index contributed by atoms with van der Waals surface area (Å²) in [5.74, 6) is -0.978.